The summed E-state index contributed by atoms with van der Waals surface area (Å²) in [5.41, 5.74) is 3.87. The minimum atomic E-state index is -0.269. The van der Waals surface area contributed by atoms with E-state index in [1.54, 1.807) is 12.1 Å². The molecule has 2 heterocycles. The molecule has 1 saturated heterocycles. The molecule has 146 valence electrons. The van der Waals surface area contributed by atoms with Crippen LogP contribution in [0.1, 0.15) is 25.8 Å². The number of morpholine rings is 1. The van der Waals surface area contributed by atoms with Crippen LogP contribution in [0.2, 0.25) is 0 Å². The van der Waals surface area contributed by atoms with Gasteiger partial charge >= 0.3 is 0 Å². The number of nitrogens with zero attached hydrogens (tertiary/aromatic N) is 1. The molecule has 0 radical (unpaired) electrons. The summed E-state index contributed by atoms with van der Waals surface area (Å²) < 4.78 is 19.6. The summed E-state index contributed by atoms with van der Waals surface area (Å²) in [6, 6.07) is 14.7. The standard InChI is InChI=1S/C23H25FN2O2/c1-15-13-26(14-16(2)28-15)22(27)11-9-19-20-12-18(24)8-10-21(20)25-23(19)17-6-4-3-5-7-17/h3-8,10,12,15-16,25H,9,11,13-14H2,1-2H3/t15-,16-/m0/s1. The molecule has 0 saturated carbocycles. The van der Waals surface area contributed by atoms with E-state index in [-0.39, 0.29) is 23.9 Å². The average Bonchev–Trinajstić information content (AvgIpc) is 3.03. The molecule has 0 spiro atoms. The summed E-state index contributed by atoms with van der Waals surface area (Å²) in [6.07, 6.45) is 1.06. The zero-order valence-electron chi connectivity index (χ0n) is 16.2. The summed E-state index contributed by atoms with van der Waals surface area (Å²) in [4.78, 5) is 18.1. The molecule has 0 aliphatic carbocycles. The second-order valence-electron chi connectivity index (χ2n) is 7.59. The van der Waals surface area contributed by atoms with Gasteiger partial charge in [0.15, 0.2) is 0 Å². The molecule has 2 aromatic carbocycles. The van der Waals surface area contributed by atoms with Crippen molar-refractivity contribution in [2.75, 3.05) is 13.1 Å². The van der Waals surface area contributed by atoms with Crippen LogP contribution < -0.4 is 0 Å². The first-order chi connectivity index (χ1) is 13.5. The summed E-state index contributed by atoms with van der Waals surface area (Å²) in [6.45, 7) is 5.23. The molecule has 28 heavy (non-hydrogen) atoms. The predicted octanol–water partition coefficient (Wildman–Crippen LogP) is 4.54. The number of halogens is 1. The highest BCUT2D eigenvalue weighted by Gasteiger charge is 2.26. The fourth-order valence-electron chi connectivity index (χ4n) is 4.10. The van der Waals surface area contributed by atoms with Gasteiger partial charge in [-0.25, -0.2) is 4.39 Å². The minimum Gasteiger partial charge on any atom is -0.372 e. The van der Waals surface area contributed by atoms with E-state index in [1.807, 2.05) is 49.1 Å². The van der Waals surface area contributed by atoms with Crippen LogP contribution in [0.3, 0.4) is 0 Å². The molecule has 1 aromatic heterocycles. The first-order valence-electron chi connectivity index (χ1n) is 9.80. The number of aryl methyl sites for hydroxylation is 1. The lowest BCUT2D eigenvalue weighted by molar-refractivity contribution is -0.143. The van der Waals surface area contributed by atoms with Crippen molar-refractivity contribution in [3.63, 3.8) is 0 Å². The predicted molar refractivity (Wildman–Crippen MR) is 109 cm³/mol. The number of hydrogen-bond donors (Lipinski definition) is 1. The number of amides is 1. The molecule has 1 fully saturated rings. The van der Waals surface area contributed by atoms with E-state index >= 15 is 0 Å². The van der Waals surface area contributed by atoms with Crippen LogP contribution in [0.25, 0.3) is 22.2 Å². The van der Waals surface area contributed by atoms with Crippen LogP contribution in [0, 0.1) is 5.82 Å². The van der Waals surface area contributed by atoms with E-state index in [2.05, 4.69) is 4.98 Å². The Morgan fingerprint density at radius 2 is 1.86 bits per heavy atom. The van der Waals surface area contributed by atoms with Crippen molar-refractivity contribution in [3.8, 4) is 11.3 Å². The van der Waals surface area contributed by atoms with Crippen molar-refractivity contribution in [2.45, 2.75) is 38.9 Å². The molecule has 1 aliphatic heterocycles. The maximum atomic E-state index is 13.9. The van der Waals surface area contributed by atoms with E-state index < -0.39 is 0 Å². The molecule has 4 rings (SSSR count). The van der Waals surface area contributed by atoms with Crippen LogP contribution >= 0.6 is 0 Å². The van der Waals surface area contributed by atoms with Gasteiger partial charge in [0.2, 0.25) is 5.91 Å². The van der Waals surface area contributed by atoms with Crippen molar-refractivity contribution in [1.29, 1.82) is 0 Å². The van der Waals surface area contributed by atoms with Gasteiger partial charge in [0.1, 0.15) is 5.82 Å². The fraction of sp³-hybridized carbons (Fsp3) is 0.348. The van der Waals surface area contributed by atoms with Crippen molar-refractivity contribution in [1.82, 2.24) is 9.88 Å². The second kappa shape index (κ2) is 7.76. The Morgan fingerprint density at radius 3 is 2.57 bits per heavy atom. The third-order valence-corrected chi connectivity index (χ3v) is 5.29. The third kappa shape index (κ3) is 3.80. The van der Waals surface area contributed by atoms with E-state index in [9.17, 15) is 9.18 Å². The van der Waals surface area contributed by atoms with E-state index in [0.29, 0.717) is 25.9 Å². The highest BCUT2D eigenvalue weighted by Crippen LogP contribution is 2.32. The van der Waals surface area contributed by atoms with Gasteiger partial charge in [-0.3, -0.25) is 4.79 Å². The lowest BCUT2D eigenvalue weighted by Gasteiger charge is -2.35. The van der Waals surface area contributed by atoms with E-state index in [0.717, 1.165) is 27.7 Å². The highest BCUT2D eigenvalue weighted by molar-refractivity contribution is 5.91. The van der Waals surface area contributed by atoms with Gasteiger partial charge in [0.05, 0.1) is 12.2 Å². The second-order valence-corrected chi connectivity index (χ2v) is 7.59. The molecular formula is C23H25FN2O2. The van der Waals surface area contributed by atoms with Crippen molar-refractivity contribution in [3.05, 3.63) is 59.9 Å². The average molecular weight is 380 g/mol. The Kier molecular flexibility index (Phi) is 5.18. The Labute approximate surface area is 164 Å². The molecule has 5 heteroatoms. The number of aromatic amines is 1. The Morgan fingerprint density at radius 1 is 1.14 bits per heavy atom. The maximum absolute atomic E-state index is 13.9. The van der Waals surface area contributed by atoms with Gasteiger partial charge in [0, 0.05) is 36.1 Å². The molecule has 1 amide bonds. The normalized spacial score (nSPS) is 19.9. The maximum Gasteiger partial charge on any atom is 0.223 e. The number of nitrogens with one attached hydrogen (secondary N) is 1. The first kappa shape index (κ1) is 18.7. The summed E-state index contributed by atoms with van der Waals surface area (Å²) in [5.74, 6) is -0.152. The third-order valence-electron chi connectivity index (χ3n) is 5.29. The zero-order valence-corrected chi connectivity index (χ0v) is 16.2. The van der Waals surface area contributed by atoms with Gasteiger partial charge in [-0.15, -0.1) is 0 Å². The first-order valence-corrected chi connectivity index (χ1v) is 9.80. The Balaban J connectivity index is 1.62. The molecule has 1 N–H and O–H groups in total. The number of hydrogen-bond acceptors (Lipinski definition) is 2. The van der Waals surface area contributed by atoms with E-state index in [4.69, 9.17) is 4.74 Å². The molecular weight excluding hydrogens is 355 g/mol. The number of ether oxygens (including phenoxy) is 1. The number of fused-ring (bicyclic) bond motifs is 1. The monoisotopic (exact) mass is 380 g/mol. The topological polar surface area (TPSA) is 45.3 Å². The molecule has 0 unspecified atom stereocenters. The van der Waals surface area contributed by atoms with Gasteiger partial charge in [-0.1, -0.05) is 30.3 Å². The number of benzene rings is 2. The summed E-state index contributed by atoms with van der Waals surface area (Å²) in [7, 11) is 0. The smallest absolute Gasteiger partial charge is 0.223 e. The zero-order chi connectivity index (χ0) is 19.7. The number of aromatic nitrogens is 1. The van der Waals surface area contributed by atoms with Crippen LogP contribution in [0.15, 0.2) is 48.5 Å². The summed E-state index contributed by atoms with van der Waals surface area (Å²) in [5, 5.41) is 0.843. The molecule has 0 bridgehead atoms. The van der Waals surface area contributed by atoms with Crippen LogP contribution in [-0.4, -0.2) is 41.1 Å². The Hall–Kier alpha value is -2.66. The van der Waals surface area contributed by atoms with Crippen LogP contribution in [0.4, 0.5) is 4.39 Å². The number of carbonyl (C=O) groups excluding carboxylic acids is 1. The van der Waals surface area contributed by atoms with Crippen molar-refractivity contribution >= 4 is 16.8 Å². The molecule has 3 aromatic rings. The lowest BCUT2D eigenvalue weighted by atomic mass is 10.0. The number of H-pyrrole nitrogens is 1. The van der Waals surface area contributed by atoms with Gasteiger partial charge in [-0.05, 0) is 49.6 Å². The van der Waals surface area contributed by atoms with Crippen molar-refractivity contribution < 1.29 is 13.9 Å². The Bertz CT molecular complexity index is 973. The summed E-state index contributed by atoms with van der Waals surface area (Å²) >= 11 is 0. The number of rotatable bonds is 4. The van der Waals surface area contributed by atoms with Crippen LogP contribution in [-0.2, 0) is 16.0 Å². The largest absolute Gasteiger partial charge is 0.372 e. The quantitative estimate of drug-likeness (QED) is 0.722. The SMILES string of the molecule is C[C@H]1CN(C(=O)CCc2c(-c3ccccc3)[nH]c3ccc(F)cc23)C[C@H](C)O1. The van der Waals surface area contributed by atoms with Crippen molar-refractivity contribution in [2.24, 2.45) is 0 Å². The molecule has 2 atom stereocenters. The number of carbonyl (C=O) groups is 1. The molecule has 4 nitrogen and oxygen atoms in total. The van der Waals surface area contributed by atoms with Gasteiger partial charge < -0.3 is 14.6 Å². The lowest BCUT2D eigenvalue weighted by Crippen LogP contribution is -2.48. The fourth-order valence-corrected chi connectivity index (χ4v) is 4.10. The minimum absolute atomic E-state index is 0.0507. The van der Waals surface area contributed by atoms with Gasteiger partial charge in [0.25, 0.3) is 0 Å². The highest BCUT2D eigenvalue weighted by atomic mass is 19.1. The molecule has 1 aliphatic rings. The van der Waals surface area contributed by atoms with Gasteiger partial charge in [-0.2, -0.15) is 0 Å². The van der Waals surface area contributed by atoms with E-state index in [1.165, 1.54) is 6.07 Å². The van der Waals surface area contributed by atoms with Crippen LogP contribution in [0.5, 0.6) is 0 Å².